The smallest absolute Gasteiger partial charge is 0.134 e. The fraction of sp³-hybridized carbons (Fsp3) is 0.529. The van der Waals surface area contributed by atoms with Crippen LogP contribution in [0.25, 0.3) is 0 Å². The molecule has 0 aromatic carbocycles. The van der Waals surface area contributed by atoms with Gasteiger partial charge in [0.15, 0.2) is 0 Å². The molecule has 0 aliphatic heterocycles. The molecule has 0 fully saturated rings. The van der Waals surface area contributed by atoms with Gasteiger partial charge in [-0.15, -0.1) is 0 Å². The molecular weight excluding hydrogens is 236 g/mol. The van der Waals surface area contributed by atoms with Crippen LogP contribution in [-0.2, 0) is 0 Å². The molecule has 104 valence electrons. The molecule has 0 spiro atoms. The molecule has 2 nitrogen and oxygen atoms in total. The van der Waals surface area contributed by atoms with E-state index in [0.717, 1.165) is 6.42 Å². The molecule has 19 heavy (non-hydrogen) atoms. The summed E-state index contributed by atoms with van der Waals surface area (Å²) in [7, 11) is 0. The van der Waals surface area contributed by atoms with E-state index in [1.165, 1.54) is 44.3 Å². The number of aliphatic hydroxyl groups is 2. The normalized spacial score (nSPS) is 11.9. The SMILES string of the molecule is CCCCCCCC=CC(O)C#CC#CC=CCO. The van der Waals surface area contributed by atoms with Gasteiger partial charge in [-0.1, -0.05) is 56.6 Å². The Labute approximate surface area is 117 Å². The van der Waals surface area contributed by atoms with E-state index in [1.807, 2.05) is 6.08 Å². The number of allylic oxidation sites excluding steroid dienone is 2. The fourth-order valence-electron chi connectivity index (χ4n) is 1.44. The summed E-state index contributed by atoms with van der Waals surface area (Å²) in [5.41, 5.74) is 0. The standard InChI is InChI=1S/C17H24O2/c1-2-3-4-5-6-8-11-14-17(19)15-12-9-7-10-13-16-18/h10-11,13-14,17-19H,2-6,8,16H2,1H3. The number of hydrogen-bond donors (Lipinski definition) is 2. The third kappa shape index (κ3) is 14.5. The highest BCUT2D eigenvalue weighted by atomic mass is 16.3. The minimum absolute atomic E-state index is 0.0221. The van der Waals surface area contributed by atoms with Gasteiger partial charge in [-0.3, -0.25) is 0 Å². The largest absolute Gasteiger partial charge is 0.392 e. The van der Waals surface area contributed by atoms with Crippen molar-refractivity contribution in [3.8, 4) is 23.7 Å². The van der Waals surface area contributed by atoms with E-state index in [-0.39, 0.29) is 6.61 Å². The number of aliphatic hydroxyl groups excluding tert-OH is 2. The van der Waals surface area contributed by atoms with Crippen molar-refractivity contribution >= 4 is 0 Å². The van der Waals surface area contributed by atoms with Crippen molar-refractivity contribution in [3.05, 3.63) is 24.3 Å². The zero-order valence-electron chi connectivity index (χ0n) is 11.7. The van der Waals surface area contributed by atoms with Crippen molar-refractivity contribution in [1.82, 2.24) is 0 Å². The molecule has 0 saturated carbocycles. The Balaban J connectivity index is 3.72. The maximum atomic E-state index is 9.51. The summed E-state index contributed by atoms with van der Waals surface area (Å²) in [6, 6.07) is 0. The topological polar surface area (TPSA) is 40.5 Å². The van der Waals surface area contributed by atoms with Gasteiger partial charge >= 0.3 is 0 Å². The van der Waals surface area contributed by atoms with Gasteiger partial charge in [0.2, 0.25) is 0 Å². The maximum Gasteiger partial charge on any atom is 0.134 e. The molecule has 0 aromatic heterocycles. The molecular formula is C17H24O2. The fourth-order valence-corrected chi connectivity index (χ4v) is 1.44. The average molecular weight is 260 g/mol. The van der Waals surface area contributed by atoms with Gasteiger partial charge in [-0.2, -0.15) is 0 Å². The molecule has 1 atom stereocenters. The van der Waals surface area contributed by atoms with E-state index in [0.29, 0.717) is 0 Å². The highest BCUT2D eigenvalue weighted by Crippen LogP contribution is 2.05. The summed E-state index contributed by atoms with van der Waals surface area (Å²) in [6.45, 7) is 2.18. The molecule has 0 rings (SSSR count). The lowest BCUT2D eigenvalue weighted by Gasteiger charge is -1.96. The number of rotatable bonds is 8. The molecule has 0 saturated heterocycles. The van der Waals surface area contributed by atoms with E-state index >= 15 is 0 Å². The summed E-state index contributed by atoms with van der Waals surface area (Å²) < 4.78 is 0. The molecule has 0 amide bonds. The van der Waals surface area contributed by atoms with Crippen LogP contribution in [0.4, 0.5) is 0 Å². The lowest BCUT2D eigenvalue weighted by atomic mass is 10.1. The van der Waals surface area contributed by atoms with Crippen molar-refractivity contribution in [2.75, 3.05) is 6.61 Å². The van der Waals surface area contributed by atoms with Crippen LogP contribution in [0.1, 0.15) is 45.4 Å². The van der Waals surface area contributed by atoms with Crippen LogP contribution < -0.4 is 0 Å². The Hall–Kier alpha value is -1.48. The van der Waals surface area contributed by atoms with Crippen LogP contribution >= 0.6 is 0 Å². The van der Waals surface area contributed by atoms with Gasteiger partial charge < -0.3 is 10.2 Å². The van der Waals surface area contributed by atoms with Crippen molar-refractivity contribution in [3.63, 3.8) is 0 Å². The zero-order valence-corrected chi connectivity index (χ0v) is 11.7. The Morgan fingerprint density at radius 1 is 1.05 bits per heavy atom. The highest BCUT2D eigenvalue weighted by molar-refractivity contribution is 5.32. The van der Waals surface area contributed by atoms with Crippen molar-refractivity contribution in [1.29, 1.82) is 0 Å². The molecule has 0 aliphatic rings. The summed E-state index contributed by atoms with van der Waals surface area (Å²) in [4.78, 5) is 0. The molecule has 2 N–H and O–H groups in total. The molecule has 0 bridgehead atoms. The summed E-state index contributed by atoms with van der Waals surface area (Å²) in [6.07, 6.45) is 13.3. The van der Waals surface area contributed by atoms with Gasteiger partial charge in [0.05, 0.1) is 6.61 Å². The van der Waals surface area contributed by atoms with Gasteiger partial charge in [-0.25, -0.2) is 0 Å². The molecule has 0 aliphatic carbocycles. The van der Waals surface area contributed by atoms with Crippen LogP contribution in [0.15, 0.2) is 24.3 Å². The average Bonchev–Trinajstić information content (AvgIpc) is 2.41. The Morgan fingerprint density at radius 3 is 2.58 bits per heavy atom. The third-order valence-electron chi connectivity index (χ3n) is 2.45. The first kappa shape index (κ1) is 17.5. The minimum Gasteiger partial charge on any atom is -0.392 e. The molecule has 1 unspecified atom stereocenters. The lowest BCUT2D eigenvalue weighted by Crippen LogP contribution is -1.96. The first-order chi connectivity index (χ1) is 9.31. The van der Waals surface area contributed by atoms with Crippen molar-refractivity contribution in [2.24, 2.45) is 0 Å². The Morgan fingerprint density at radius 2 is 1.84 bits per heavy atom. The summed E-state index contributed by atoms with van der Waals surface area (Å²) >= 11 is 0. The number of hydrogen-bond acceptors (Lipinski definition) is 2. The summed E-state index contributed by atoms with van der Waals surface area (Å²) in [5, 5.41) is 18.0. The van der Waals surface area contributed by atoms with E-state index < -0.39 is 6.10 Å². The highest BCUT2D eigenvalue weighted by Gasteiger charge is 1.90. The van der Waals surface area contributed by atoms with Crippen LogP contribution in [0, 0.1) is 23.7 Å². The van der Waals surface area contributed by atoms with Gasteiger partial charge in [0.25, 0.3) is 0 Å². The zero-order chi connectivity index (χ0) is 14.2. The van der Waals surface area contributed by atoms with Crippen molar-refractivity contribution in [2.45, 2.75) is 51.6 Å². The van der Waals surface area contributed by atoms with Gasteiger partial charge in [-0.05, 0) is 36.8 Å². The second kappa shape index (κ2) is 14.6. The predicted octanol–water partition coefficient (Wildman–Crippen LogP) is 2.82. The Kier molecular flexibility index (Phi) is 13.4. The quantitative estimate of drug-likeness (QED) is 0.400. The second-order valence-corrected chi connectivity index (χ2v) is 4.20. The third-order valence-corrected chi connectivity index (χ3v) is 2.45. The van der Waals surface area contributed by atoms with Crippen molar-refractivity contribution < 1.29 is 10.2 Å². The van der Waals surface area contributed by atoms with Crippen LogP contribution in [0.3, 0.4) is 0 Å². The second-order valence-electron chi connectivity index (χ2n) is 4.20. The lowest BCUT2D eigenvalue weighted by molar-refractivity contribution is 0.280. The predicted molar refractivity (Wildman–Crippen MR) is 80.3 cm³/mol. The number of unbranched alkanes of at least 4 members (excludes halogenated alkanes) is 5. The first-order valence-electron chi connectivity index (χ1n) is 6.93. The van der Waals surface area contributed by atoms with Gasteiger partial charge in [0, 0.05) is 0 Å². The monoisotopic (exact) mass is 260 g/mol. The molecule has 0 aromatic rings. The molecule has 2 heteroatoms. The van der Waals surface area contributed by atoms with E-state index in [1.54, 1.807) is 6.08 Å². The maximum absolute atomic E-state index is 9.51. The molecule has 0 heterocycles. The summed E-state index contributed by atoms with van der Waals surface area (Å²) in [5.74, 6) is 10.4. The van der Waals surface area contributed by atoms with Crippen LogP contribution in [-0.4, -0.2) is 22.9 Å². The molecule has 0 radical (unpaired) electrons. The van der Waals surface area contributed by atoms with E-state index in [9.17, 15) is 5.11 Å². The Bertz CT molecular complexity index is 372. The van der Waals surface area contributed by atoms with Gasteiger partial charge in [0.1, 0.15) is 6.10 Å². The minimum atomic E-state index is -0.744. The first-order valence-corrected chi connectivity index (χ1v) is 6.93. The van der Waals surface area contributed by atoms with E-state index in [2.05, 4.69) is 30.6 Å². The van der Waals surface area contributed by atoms with Crippen LogP contribution in [0.2, 0.25) is 0 Å². The van der Waals surface area contributed by atoms with E-state index in [4.69, 9.17) is 5.11 Å². The van der Waals surface area contributed by atoms with Crippen LogP contribution in [0.5, 0.6) is 0 Å².